The molecular formula is C13H13NO4S. The fraction of sp³-hybridized carbons (Fsp3) is 0.231. The number of carbonyl (C=O) groups excluding carboxylic acids is 2. The molecule has 0 amide bonds. The summed E-state index contributed by atoms with van der Waals surface area (Å²) in [6, 6.07) is 5.68. The van der Waals surface area contributed by atoms with E-state index in [0.717, 1.165) is 11.8 Å². The van der Waals surface area contributed by atoms with Crippen molar-refractivity contribution in [3.8, 4) is 0 Å². The predicted molar refractivity (Wildman–Crippen MR) is 74.9 cm³/mol. The summed E-state index contributed by atoms with van der Waals surface area (Å²) in [5.41, 5.74) is 0.650. The van der Waals surface area contributed by atoms with Crippen LogP contribution in [0.25, 0.3) is 6.08 Å². The highest BCUT2D eigenvalue weighted by atomic mass is 32.2. The summed E-state index contributed by atoms with van der Waals surface area (Å²) in [6.45, 7) is 3.15. The fourth-order valence-electron chi connectivity index (χ4n) is 1.37. The molecule has 1 rings (SSSR count). The minimum atomic E-state index is -0.503. The van der Waals surface area contributed by atoms with Gasteiger partial charge < -0.3 is 0 Å². The molecule has 100 valence electrons. The lowest BCUT2D eigenvalue weighted by molar-refractivity contribution is -0.384. The van der Waals surface area contributed by atoms with Crippen LogP contribution in [0.1, 0.15) is 19.4 Å². The van der Waals surface area contributed by atoms with Crippen LogP contribution in [0.4, 0.5) is 5.69 Å². The van der Waals surface area contributed by atoms with Crippen LogP contribution in [0.15, 0.2) is 29.8 Å². The maximum Gasteiger partial charge on any atom is 0.269 e. The molecular weight excluding hydrogens is 266 g/mol. The van der Waals surface area contributed by atoms with Gasteiger partial charge in [0.1, 0.15) is 0 Å². The summed E-state index contributed by atoms with van der Waals surface area (Å²) in [7, 11) is 0. The quantitative estimate of drug-likeness (QED) is 0.272. The van der Waals surface area contributed by atoms with Crippen LogP contribution in [-0.2, 0) is 9.59 Å². The summed E-state index contributed by atoms with van der Waals surface area (Å²) in [5.74, 6) is 0.272. The Morgan fingerprint density at radius 3 is 2.32 bits per heavy atom. The third-order valence-corrected chi connectivity index (χ3v) is 3.06. The standard InChI is InChI=1S/C13H13NO4S/c1-3-19-13(16)12(9(2)15)8-10-4-6-11(7-5-10)14(17)18/h4-8H,3H2,1-2H3/b12-8+. The van der Waals surface area contributed by atoms with Gasteiger partial charge in [0, 0.05) is 12.1 Å². The van der Waals surface area contributed by atoms with E-state index in [2.05, 4.69) is 0 Å². The highest BCUT2D eigenvalue weighted by molar-refractivity contribution is 8.14. The van der Waals surface area contributed by atoms with Crippen LogP contribution >= 0.6 is 11.8 Å². The van der Waals surface area contributed by atoms with E-state index in [9.17, 15) is 19.7 Å². The second-order valence-corrected chi connectivity index (χ2v) is 4.92. The highest BCUT2D eigenvalue weighted by Crippen LogP contribution is 2.18. The van der Waals surface area contributed by atoms with Crippen LogP contribution in [0.5, 0.6) is 0 Å². The first-order valence-corrected chi connectivity index (χ1v) is 6.58. The first kappa shape index (κ1) is 15.1. The summed E-state index contributed by atoms with van der Waals surface area (Å²) in [4.78, 5) is 33.2. The maximum atomic E-state index is 11.7. The summed E-state index contributed by atoms with van der Waals surface area (Å²) >= 11 is 1.06. The number of ketones is 1. The molecule has 0 unspecified atom stereocenters. The van der Waals surface area contributed by atoms with Crippen molar-refractivity contribution in [1.82, 2.24) is 0 Å². The second-order valence-electron chi connectivity index (χ2n) is 3.68. The van der Waals surface area contributed by atoms with Crippen molar-refractivity contribution in [2.24, 2.45) is 0 Å². The van der Waals surface area contributed by atoms with Crippen molar-refractivity contribution in [2.45, 2.75) is 13.8 Å². The number of rotatable bonds is 5. The number of thioether (sulfide) groups is 1. The minimum absolute atomic E-state index is 0.0317. The first-order valence-electron chi connectivity index (χ1n) is 5.60. The van der Waals surface area contributed by atoms with Crippen LogP contribution in [0.3, 0.4) is 0 Å². The summed E-state index contributed by atoms with van der Waals surface area (Å²) in [5, 5.41) is 10.2. The Morgan fingerprint density at radius 2 is 1.89 bits per heavy atom. The molecule has 1 aromatic rings. The summed E-state index contributed by atoms with van der Waals surface area (Å²) < 4.78 is 0. The van der Waals surface area contributed by atoms with E-state index in [4.69, 9.17) is 0 Å². The normalized spacial score (nSPS) is 11.2. The molecule has 0 aliphatic carbocycles. The molecule has 19 heavy (non-hydrogen) atoms. The predicted octanol–water partition coefficient (Wildman–Crippen LogP) is 2.85. The lowest BCUT2D eigenvalue weighted by Crippen LogP contribution is -2.06. The number of nitro benzene ring substituents is 1. The third kappa shape index (κ3) is 4.33. The van der Waals surface area contributed by atoms with Gasteiger partial charge in [-0.3, -0.25) is 19.7 Å². The Hall–Kier alpha value is -1.95. The molecule has 5 nitrogen and oxygen atoms in total. The zero-order valence-corrected chi connectivity index (χ0v) is 11.4. The number of benzene rings is 1. The molecule has 0 heterocycles. The highest BCUT2D eigenvalue weighted by Gasteiger charge is 2.14. The maximum absolute atomic E-state index is 11.7. The molecule has 0 saturated carbocycles. The molecule has 1 aromatic carbocycles. The van der Waals surface area contributed by atoms with Gasteiger partial charge in [0.2, 0.25) is 5.12 Å². The Bertz CT molecular complexity index is 534. The van der Waals surface area contributed by atoms with E-state index in [0.29, 0.717) is 11.3 Å². The minimum Gasteiger partial charge on any atom is -0.294 e. The smallest absolute Gasteiger partial charge is 0.269 e. The fourth-order valence-corrected chi connectivity index (χ4v) is 1.99. The van der Waals surface area contributed by atoms with Gasteiger partial charge in [0.25, 0.3) is 5.69 Å². The van der Waals surface area contributed by atoms with Gasteiger partial charge >= 0.3 is 0 Å². The lowest BCUT2D eigenvalue weighted by atomic mass is 10.1. The van der Waals surface area contributed by atoms with Crippen molar-refractivity contribution in [2.75, 3.05) is 5.75 Å². The second kappa shape index (κ2) is 6.84. The SMILES string of the molecule is CCSC(=O)/C(=C/c1ccc([N+](=O)[O-])cc1)C(C)=O. The molecule has 0 N–H and O–H groups in total. The van der Waals surface area contributed by atoms with Crippen LogP contribution in [0.2, 0.25) is 0 Å². The molecule has 0 aromatic heterocycles. The number of Topliss-reactive ketones (excluding diaryl/α,β-unsaturated/α-hetero) is 1. The number of non-ortho nitro benzene ring substituents is 1. The molecule has 0 spiro atoms. The van der Waals surface area contributed by atoms with Gasteiger partial charge in [-0.1, -0.05) is 18.7 Å². The van der Waals surface area contributed by atoms with Gasteiger partial charge in [-0.25, -0.2) is 0 Å². The van der Waals surface area contributed by atoms with E-state index in [1.54, 1.807) is 0 Å². The number of hydrogen-bond acceptors (Lipinski definition) is 5. The van der Waals surface area contributed by atoms with Gasteiger partial charge in [-0.2, -0.15) is 0 Å². The van der Waals surface area contributed by atoms with E-state index < -0.39 is 4.92 Å². The van der Waals surface area contributed by atoms with E-state index >= 15 is 0 Å². The topological polar surface area (TPSA) is 77.3 Å². The van der Waals surface area contributed by atoms with Crippen LogP contribution in [0, 0.1) is 10.1 Å². The Balaban J connectivity index is 3.05. The average Bonchev–Trinajstić information content (AvgIpc) is 2.36. The molecule has 0 aliphatic heterocycles. The number of nitrogens with zero attached hydrogens (tertiary/aromatic N) is 1. The molecule has 0 aliphatic rings. The van der Waals surface area contributed by atoms with Crippen molar-refractivity contribution >= 4 is 34.4 Å². The number of nitro groups is 1. The molecule has 0 bridgehead atoms. The molecule has 0 atom stereocenters. The average molecular weight is 279 g/mol. The molecule has 6 heteroatoms. The van der Waals surface area contributed by atoms with Crippen molar-refractivity contribution < 1.29 is 14.5 Å². The Kier molecular flexibility index (Phi) is 5.44. The van der Waals surface area contributed by atoms with Gasteiger partial charge in [-0.05, 0) is 36.4 Å². The number of carbonyl (C=O) groups is 2. The van der Waals surface area contributed by atoms with Crippen LogP contribution in [-0.4, -0.2) is 21.6 Å². The van der Waals surface area contributed by atoms with Crippen molar-refractivity contribution in [3.05, 3.63) is 45.5 Å². The lowest BCUT2D eigenvalue weighted by Gasteiger charge is -2.01. The van der Waals surface area contributed by atoms with Gasteiger partial charge in [0.15, 0.2) is 5.78 Å². The summed E-state index contributed by atoms with van der Waals surface area (Å²) in [6.07, 6.45) is 1.46. The Labute approximate surface area is 114 Å². The largest absolute Gasteiger partial charge is 0.294 e. The van der Waals surface area contributed by atoms with Gasteiger partial charge in [0.05, 0.1) is 10.5 Å². The van der Waals surface area contributed by atoms with E-state index in [1.807, 2.05) is 6.92 Å². The number of hydrogen-bond donors (Lipinski definition) is 0. The zero-order chi connectivity index (χ0) is 14.4. The van der Waals surface area contributed by atoms with E-state index in [-0.39, 0.29) is 22.2 Å². The van der Waals surface area contributed by atoms with E-state index in [1.165, 1.54) is 37.3 Å². The zero-order valence-electron chi connectivity index (χ0n) is 10.6. The van der Waals surface area contributed by atoms with Crippen LogP contribution < -0.4 is 0 Å². The Morgan fingerprint density at radius 1 is 1.32 bits per heavy atom. The molecule has 0 radical (unpaired) electrons. The first-order chi connectivity index (χ1) is 8.95. The molecule has 0 saturated heterocycles. The molecule has 0 fully saturated rings. The monoisotopic (exact) mass is 279 g/mol. The third-order valence-electron chi connectivity index (χ3n) is 2.29. The van der Waals surface area contributed by atoms with Crippen molar-refractivity contribution in [1.29, 1.82) is 0 Å². The van der Waals surface area contributed by atoms with Crippen molar-refractivity contribution in [3.63, 3.8) is 0 Å². The van der Waals surface area contributed by atoms with Gasteiger partial charge in [-0.15, -0.1) is 0 Å².